The van der Waals surface area contributed by atoms with Crippen LogP contribution in [0, 0.1) is 6.92 Å². The van der Waals surface area contributed by atoms with Gasteiger partial charge in [-0.2, -0.15) is 0 Å². The Labute approximate surface area is 188 Å². The lowest BCUT2D eigenvalue weighted by Gasteiger charge is -2.23. The maximum absolute atomic E-state index is 12.7. The number of hydrogen-bond acceptors (Lipinski definition) is 7. The molecule has 3 N–H and O–H groups in total. The standard InChI is InChI=1S/C23H24N4O6/c1-3-26(18(28)14-32-19(29)12-11-17-10-9-15(2)33-17)20-21(24)27(23(31)25-22(20)30)13-16-7-5-4-6-8-16/h4-12H,3,13-14,24H2,1-2H3,(H,25,30,31)/b12-11+. The Hall–Kier alpha value is -4.34. The van der Waals surface area contributed by atoms with Gasteiger partial charge >= 0.3 is 11.7 Å². The molecule has 33 heavy (non-hydrogen) atoms. The summed E-state index contributed by atoms with van der Waals surface area (Å²) in [4.78, 5) is 52.8. The molecule has 0 aliphatic carbocycles. The van der Waals surface area contributed by atoms with Crippen LogP contribution in [-0.4, -0.2) is 34.6 Å². The van der Waals surface area contributed by atoms with Crippen molar-refractivity contribution in [2.45, 2.75) is 20.4 Å². The number of H-pyrrole nitrogens is 1. The molecule has 0 atom stereocenters. The first-order valence-electron chi connectivity index (χ1n) is 10.2. The van der Waals surface area contributed by atoms with Crippen LogP contribution in [0.5, 0.6) is 0 Å². The number of hydrogen-bond donors (Lipinski definition) is 2. The molecule has 10 heteroatoms. The summed E-state index contributed by atoms with van der Waals surface area (Å²) in [6, 6.07) is 12.5. The highest BCUT2D eigenvalue weighted by Gasteiger charge is 2.23. The number of nitrogens with two attached hydrogens (primary N) is 1. The summed E-state index contributed by atoms with van der Waals surface area (Å²) in [5.74, 6) is -0.444. The van der Waals surface area contributed by atoms with E-state index in [0.717, 1.165) is 16.5 Å². The van der Waals surface area contributed by atoms with Gasteiger partial charge in [0, 0.05) is 12.6 Å². The minimum atomic E-state index is -0.809. The van der Waals surface area contributed by atoms with Crippen LogP contribution in [0.2, 0.25) is 0 Å². The second kappa shape index (κ2) is 10.3. The Morgan fingerprint density at radius 1 is 1.18 bits per heavy atom. The molecule has 0 spiro atoms. The van der Waals surface area contributed by atoms with Crippen molar-refractivity contribution in [2.24, 2.45) is 0 Å². The molecular formula is C23H24N4O6. The van der Waals surface area contributed by atoms with E-state index >= 15 is 0 Å². The van der Waals surface area contributed by atoms with Gasteiger partial charge in [0.15, 0.2) is 12.3 Å². The van der Waals surface area contributed by atoms with E-state index in [0.29, 0.717) is 11.5 Å². The molecule has 3 rings (SSSR count). The van der Waals surface area contributed by atoms with E-state index in [9.17, 15) is 19.2 Å². The zero-order valence-corrected chi connectivity index (χ0v) is 18.2. The number of esters is 1. The van der Waals surface area contributed by atoms with E-state index in [1.165, 1.54) is 10.6 Å². The fraction of sp³-hybridized carbons (Fsp3) is 0.217. The number of rotatable bonds is 8. The summed E-state index contributed by atoms with van der Waals surface area (Å²) in [6.07, 6.45) is 2.54. The van der Waals surface area contributed by atoms with Crippen molar-refractivity contribution in [3.63, 3.8) is 0 Å². The zero-order chi connectivity index (χ0) is 24.0. The molecule has 0 aliphatic rings. The SMILES string of the molecule is CCN(C(=O)COC(=O)/C=C/c1ccc(C)o1)c1c(N)n(Cc2ccccc2)c(=O)[nH]c1=O. The van der Waals surface area contributed by atoms with Gasteiger partial charge < -0.3 is 19.8 Å². The van der Waals surface area contributed by atoms with Gasteiger partial charge in [-0.25, -0.2) is 9.59 Å². The van der Waals surface area contributed by atoms with Gasteiger partial charge in [-0.15, -0.1) is 0 Å². The molecule has 0 unspecified atom stereocenters. The van der Waals surface area contributed by atoms with E-state index in [2.05, 4.69) is 4.98 Å². The van der Waals surface area contributed by atoms with Gasteiger partial charge in [-0.1, -0.05) is 30.3 Å². The van der Waals surface area contributed by atoms with E-state index in [1.54, 1.807) is 50.2 Å². The summed E-state index contributed by atoms with van der Waals surface area (Å²) in [5.41, 5.74) is 5.23. The number of benzene rings is 1. The zero-order valence-electron chi connectivity index (χ0n) is 18.2. The lowest BCUT2D eigenvalue weighted by Crippen LogP contribution is -2.42. The van der Waals surface area contributed by atoms with Gasteiger partial charge in [-0.3, -0.25) is 19.1 Å². The molecule has 1 aromatic carbocycles. The summed E-state index contributed by atoms with van der Waals surface area (Å²) >= 11 is 0. The Kier molecular flexibility index (Phi) is 7.29. The number of anilines is 2. The second-order valence-electron chi connectivity index (χ2n) is 7.09. The summed E-state index contributed by atoms with van der Waals surface area (Å²) < 4.78 is 11.5. The minimum absolute atomic E-state index is 0.0642. The number of nitrogens with zero attached hydrogens (tertiary/aromatic N) is 2. The third-order valence-corrected chi connectivity index (χ3v) is 4.77. The third-order valence-electron chi connectivity index (χ3n) is 4.77. The van der Waals surface area contributed by atoms with Crippen molar-refractivity contribution in [3.8, 4) is 0 Å². The third kappa shape index (κ3) is 5.67. The first-order chi connectivity index (χ1) is 15.8. The summed E-state index contributed by atoms with van der Waals surface area (Å²) in [6.45, 7) is 2.95. The van der Waals surface area contributed by atoms with Crippen LogP contribution >= 0.6 is 0 Å². The highest BCUT2D eigenvalue weighted by Crippen LogP contribution is 2.18. The van der Waals surface area contributed by atoms with Crippen LogP contribution in [0.3, 0.4) is 0 Å². The Morgan fingerprint density at radius 2 is 1.91 bits per heavy atom. The van der Waals surface area contributed by atoms with Crippen molar-refractivity contribution in [2.75, 3.05) is 23.8 Å². The number of aromatic amines is 1. The molecule has 0 fully saturated rings. The molecule has 0 saturated heterocycles. The summed E-state index contributed by atoms with van der Waals surface area (Å²) in [7, 11) is 0. The van der Waals surface area contributed by atoms with Gasteiger partial charge in [0.05, 0.1) is 6.54 Å². The second-order valence-corrected chi connectivity index (χ2v) is 7.09. The first kappa shape index (κ1) is 23.3. The van der Waals surface area contributed by atoms with Crippen LogP contribution in [0.15, 0.2) is 62.5 Å². The average molecular weight is 452 g/mol. The van der Waals surface area contributed by atoms with E-state index < -0.39 is 29.7 Å². The number of ether oxygens (including phenoxy) is 1. The molecule has 3 aromatic rings. The first-order valence-corrected chi connectivity index (χ1v) is 10.2. The van der Waals surface area contributed by atoms with Gasteiger partial charge in [0.2, 0.25) is 0 Å². The van der Waals surface area contributed by atoms with Crippen LogP contribution in [0.4, 0.5) is 11.5 Å². The Balaban J connectivity index is 1.77. The van der Waals surface area contributed by atoms with Crippen molar-refractivity contribution in [1.29, 1.82) is 0 Å². The molecular weight excluding hydrogens is 428 g/mol. The highest BCUT2D eigenvalue weighted by atomic mass is 16.5. The monoisotopic (exact) mass is 452 g/mol. The number of likely N-dealkylation sites (N-methyl/N-ethyl adjacent to an activating group) is 1. The van der Waals surface area contributed by atoms with E-state index in [-0.39, 0.29) is 24.6 Å². The highest BCUT2D eigenvalue weighted by molar-refractivity contribution is 5.98. The number of amides is 1. The van der Waals surface area contributed by atoms with Gasteiger partial charge in [0.1, 0.15) is 17.3 Å². The van der Waals surface area contributed by atoms with Crippen molar-refractivity contribution in [1.82, 2.24) is 9.55 Å². The molecule has 2 aromatic heterocycles. The van der Waals surface area contributed by atoms with Crippen LogP contribution < -0.4 is 21.9 Å². The Morgan fingerprint density at radius 3 is 2.55 bits per heavy atom. The average Bonchev–Trinajstić information content (AvgIpc) is 3.22. The number of nitrogen functional groups attached to an aromatic ring is 1. The number of furan rings is 1. The normalized spacial score (nSPS) is 11.0. The smallest absolute Gasteiger partial charge is 0.331 e. The van der Waals surface area contributed by atoms with E-state index in [1.807, 2.05) is 6.07 Å². The quantitative estimate of drug-likeness (QED) is 0.391. The number of aromatic nitrogens is 2. The fourth-order valence-electron chi connectivity index (χ4n) is 3.17. The van der Waals surface area contributed by atoms with Gasteiger partial charge in [0.25, 0.3) is 11.5 Å². The molecule has 172 valence electrons. The lowest BCUT2D eigenvalue weighted by molar-refractivity contribution is -0.142. The maximum Gasteiger partial charge on any atom is 0.331 e. The Bertz CT molecular complexity index is 1290. The van der Waals surface area contributed by atoms with Crippen LogP contribution in [0.1, 0.15) is 24.0 Å². The van der Waals surface area contributed by atoms with Crippen LogP contribution in [-0.2, 0) is 20.9 Å². The van der Waals surface area contributed by atoms with Crippen molar-refractivity contribution < 1.29 is 18.7 Å². The molecule has 0 aliphatic heterocycles. The molecule has 2 heterocycles. The predicted octanol–water partition coefficient (Wildman–Crippen LogP) is 1.68. The van der Waals surface area contributed by atoms with Crippen molar-refractivity contribution >= 4 is 29.5 Å². The van der Waals surface area contributed by atoms with Crippen LogP contribution in [0.25, 0.3) is 6.08 Å². The predicted molar refractivity (Wildman–Crippen MR) is 123 cm³/mol. The molecule has 0 saturated carbocycles. The summed E-state index contributed by atoms with van der Waals surface area (Å²) in [5, 5.41) is 0. The lowest BCUT2D eigenvalue weighted by atomic mass is 10.2. The van der Waals surface area contributed by atoms with Crippen molar-refractivity contribution in [3.05, 3.63) is 86.5 Å². The topological polar surface area (TPSA) is 141 Å². The number of nitrogens with one attached hydrogen (secondary N) is 1. The number of aryl methyl sites for hydroxylation is 1. The maximum atomic E-state index is 12.7. The minimum Gasteiger partial charge on any atom is -0.462 e. The molecule has 0 radical (unpaired) electrons. The molecule has 1 amide bonds. The number of carbonyl (C=O) groups excluding carboxylic acids is 2. The van der Waals surface area contributed by atoms with Gasteiger partial charge in [-0.05, 0) is 37.6 Å². The fourth-order valence-corrected chi connectivity index (χ4v) is 3.17. The molecule has 10 nitrogen and oxygen atoms in total. The van der Waals surface area contributed by atoms with E-state index in [4.69, 9.17) is 14.9 Å². The largest absolute Gasteiger partial charge is 0.462 e. The molecule has 0 bridgehead atoms. The number of carbonyl (C=O) groups is 2.